The van der Waals surface area contributed by atoms with E-state index in [0.717, 1.165) is 77.7 Å². The van der Waals surface area contributed by atoms with Gasteiger partial charge in [0, 0.05) is 55.9 Å². The molecular weight excluding hydrogens is 623 g/mol. The summed E-state index contributed by atoms with van der Waals surface area (Å²) in [4.78, 5) is 42.1. The van der Waals surface area contributed by atoms with Crippen LogP contribution in [0.2, 0.25) is 0 Å². The van der Waals surface area contributed by atoms with E-state index in [9.17, 15) is 14.0 Å². The van der Waals surface area contributed by atoms with Crippen LogP contribution in [-0.4, -0.2) is 95.1 Å². The molecule has 4 saturated heterocycles. The fourth-order valence-electron chi connectivity index (χ4n) is 9.53. The van der Waals surface area contributed by atoms with Crippen LogP contribution in [-0.2, 0) is 9.53 Å². The summed E-state index contributed by atoms with van der Waals surface area (Å²) < 4.78 is 26.3. The molecule has 7 rings (SSSR count). The molecule has 2 amide bonds. The number of nitrogens with zero attached hydrogens (tertiary/aromatic N) is 5. The number of carbonyl (C=O) groups excluding carboxylic acids is 2. The van der Waals surface area contributed by atoms with Crippen molar-refractivity contribution in [1.29, 1.82) is 0 Å². The van der Waals surface area contributed by atoms with E-state index >= 15 is 0 Å². The number of aromatic nitrogens is 2. The van der Waals surface area contributed by atoms with Gasteiger partial charge in [-0.2, -0.15) is 0 Å². The molecular formula is C38H53FN6O4. The predicted octanol–water partition coefficient (Wildman–Crippen LogP) is 5.81. The SMILES string of the molecule is CC(C)N(C(=O)c1cc(F)ccc1Oc1cncnc1N1CC2(CCN(CC3CCC4(CC3)CC3(CCOCC3)C(=O)N4)CC2)C1)C(C)C. The molecule has 5 heterocycles. The van der Waals surface area contributed by atoms with Crippen molar-refractivity contribution < 1.29 is 23.5 Å². The van der Waals surface area contributed by atoms with Crippen LogP contribution in [0, 0.1) is 22.6 Å². The van der Waals surface area contributed by atoms with Crippen molar-refractivity contribution in [2.75, 3.05) is 50.8 Å². The van der Waals surface area contributed by atoms with Crippen molar-refractivity contribution in [2.24, 2.45) is 16.7 Å². The molecule has 1 N–H and O–H groups in total. The second-order valence-corrected chi connectivity index (χ2v) is 16.3. The van der Waals surface area contributed by atoms with E-state index in [4.69, 9.17) is 9.47 Å². The van der Waals surface area contributed by atoms with Crippen LogP contribution < -0.4 is 15.0 Å². The van der Waals surface area contributed by atoms with Gasteiger partial charge in [-0.25, -0.2) is 14.4 Å². The van der Waals surface area contributed by atoms with Gasteiger partial charge in [-0.3, -0.25) is 9.59 Å². The molecule has 0 unspecified atom stereocenters. The summed E-state index contributed by atoms with van der Waals surface area (Å²) in [6, 6.07) is 3.99. The Hall–Kier alpha value is -3.31. The topological polar surface area (TPSA) is 100 Å². The number of anilines is 1. The number of benzene rings is 1. The second-order valence-electron chi connectivity index (χ2n) is 16.3. The number of carbonyl (C=O) groups is 2. The Morgan fingerprint density at radius 1 is 1.04 bits per heavy atom. The minimum absolute atomic E-state index is 0.00609. The molecule has 1 aromatic heterocycles. The number of amides is 2. The summed E-state index contributed by atoms with van der Waals surface area (Å²) in [5, 5.41) is 3.47. The maximum atomic E-state index is 14.4. The summed E-state index contributed by atoms with van der Waals surface area (Å²) in [7, 11) is 0. The third-order valence-electron chi connectivity index (χ3n) is 12.2. The van der Waals surface area contributed by atoms with Gasteiger partial charge in [0.05, 0.1) is 17.2 Å². The monoisotopic (exact) mass is 676 g/mol. The van der Waals surface area contributed by atoms with Crippen LogP contribution in [0.15, 0.2) is 30.7 Å². The fraction of sp³-hybridized carbons (Fsp3) is 0.684. The van der Waals surface area contributed by atoms with E-state index in [2.05, 4.69) is 25.1 Å². The van der Waals surface area contributed by atoms with Gasteiger partial charge >= 0.3 is 0 Å². The predicted molar refractivity (Wildman–Crippen MR) is 185 cm³/mol. The maximum Gasteiger partial charge on any atom is 0.258 e. The minimum atomic E-state index is -0.484. The number of likely N-dealkylation sites (tertiary alicyclic amines) is 1. The van der Waals surface area contributed by atoms with Gasteiger partial charge in [0.1, 0.15) is 17.9 Å². The zero-order valence-corrected chi connectivity index (χ0v) is 29.7. The molecule has 1 saturated carbocycles. The minimum Gasteiger partial charge on any atom is -0.451 e. The lowest BCUT2D eigenvalue weighted by Gasteiger charge is -2.55. The number of halogens is 1. The van der Waals surface area contributed by atoms with Crippen molar-refractivity contribution in [3.8, 4) is 11.5 Å². The molecule has 266 valence electrons. The van der Waals surface area contributed by atoms with Gasteiger partial charge in [-0.05, 0) is 123 Å². The fourth-order valence-corrected chi connectivity index (χ4v) is 9.53. The van der Waals surface area contributed by atoms with E-state index in [1.807, 2.05) is 27.7 Å². The molecule has 5 aliphatic rings. The van der Waals surface area contributed by atoms with E-state index in [-0.39, 0.29) is 45.8 Å². The molecule has 4 aliphatic heterocycles. The Balaban J connectivity index is 0.927. The Morgan fingerprint density at radius 2 is 1.73 bits per heavy atom. The summed E-state index contributed by atoms with van der Waals surface area (Å²) in [5.74, 6) is 1.68. The van der Waals surface area contributed by atoms with Gasteiger partial charge in [-0.1, -0.05) is 0 Å². The molecule has 10 nitrogen and oxygen atoms in total. The second kappa shape index (κ2) is 13.4. The quantitative estimate of drug-likeness (QED) is 0.374. The van der Waals surface area contributed by atoms with Crippen LogP contribution in [0.5, 0.6) is 11.5 Å². The van der Waals surface area contributed by atoms with Gasteiger partial charge < -0.3 is 29.5 Å². The number of rotatable bonds is 8. The first kappa shape index (κ1) is 34.2. The molecule has 2 aromatic rings. The summed E-state index contributed by atoms with van der Waals surface area (Å²) in [5.41, 5.74) is 0.265. The lowest BCUT2D eigenvalue weighted by atomic mass is 9.68. The first-order valence-corrected chi connectivity index (χ1v) is 18.5. The number of piperidine rings is 1. The molecule has 11 heteroatoms. The summed E-state index contributed by atoms with van der Waals surface area (Å²) in [6.07, 6.45) is 12.8. The molecule has 5 fully saturated rings. The molecule has 3 spiro atoms. The Bertz CT molecular complexity index is 1510. The highest BCUT2D eigenvalue weighted by Crippen LogP contribution is 2.50. The number of hydrogen-bond acceptors (Lipinski definition) is 8. The van der Waals surface area contributed by atoms with Gasteiger partial charge in [0.25, 0.3) is 5.91 Å². The largest absolute Gasteiger partial charge is 0.451 e. The lowest BCUT2D eigenvalue weighted by molar-refractivity contribution is -0.132. The average Bonchev–Trinajstić information content (AvgIpc) is 3.31. The molecule has 0 atom stereocenters. The van der Waals surface area contributed by atoms with Crippen molar-refractivity contribution in [1.82, 2.24) is 25.1 Å². The van der Waals surface area contributed by atoms with Crippen LogP contribution >= 0.6 is 0 Å². The molecule has 0 bridgehead atoms. The first-order valence-electron chi connectivity index (χ1n) is 18.5. The van der Waals surface area contributed by atoms with E-state index in [1.165, 1.54) is 37.4 Å². The Labute approximate surface area is 290 Å². The smallest absolute Gasteiger partial charge is 0.258 e. The van der Waals surface area contributed by atoms with Crippen LogP contribution in [0.3, 0.4) is 0 Å². The lowest BCUT2D eigenvalue weighted by Crippen LogP contribution is -2.61. The highest BCUT2D eigenvalue weighted by atomic mass is 19.1. The normalized spacial score (nSPS) is 26.4. The molecule has 1 aliphatic carbocycles. The van der Waals surface area contributed by atoms with Crippen LogP contribution in [0.25, 0.3) is 0 Å². The maximum absolute atomic E-state index is 14.4. The molecule has 49 heavy (non-hydrogen) atoms. The third kappa shape index (κ3) is 6.77. The number of hydrogen-bond donors (Lipinski definition) is 1. The standard InChI is InChI=1S/C38H53FN6O4/c1-26(2)45(27(3)4)34(46)30-19-29(39)5-6-31(30)49-32-20-40-25-41-33(32)44-23-36(24-44)11-15-43(16-12-36)21-28-7-9-38(10-8-28)22-37(35(47)42-38)13-17-48-18-14-37/h5-6,19-20,25-28H,7-18,21-24H2,1-4H3,(H,42,47). The van der Waals surface area contributed by atoms with Gasteiger partial charge in [0.2, 0.25) is 5.91 Å². The molecule has 0 radical (unpaired) electrons. The van der Waals surface area contributed by atoms with E-state index in [1.54, 1.807) is 11.1 Å². The Kier molecular flexibility index (Phi) is 9.36. The van der Waals surface area contributed by atoms with Crippen LogP contribution in [0.1, 0.15) is 95.8 Å². The molecule has 1 aromatic carbocycles. The van der Waals surface area contributed by atoms with Gasteiger partial charge in [0.15, 0.2) is 11.6 Å². The van der Waals surface area contributed by atoms with Gasteiger partial charge in [-0.15, -0.1) is 0 Å². The van der Waals surface area contributed by atoms with Crippen molar-refractivity contribution >= 4 is 17.6 Å². The van der Waals surface area contributed by atoms with Crippen molar-refractivity contribution in [3.63, 3.8) is 0 Å². The summed E-state index contributed by atoms with van der Waals surface area (Å²) >= 11 is 0. The first-order chi connectivity index (χ1) is 23.5. The Morgan fingerprint density at radius 3 is 2.41 bits per heavy atom. The number of ether oxygens (including phenoxy) is 2. The van der Waals surface area contributed by atoms with Crippen LogP contribution in [0.4, 0.5) is 10.2 Å². The zero-order chi connectivity index (χ0) is 34.4. The number of nitrogens with one attached hydrogen (secondary N) is 1. The summed E-state index contributed by atoms with van der Waals surface area (Å²) in [6.45, 7) is 14.4. The van der Waals surface area contributed by atoms with E-state index in [0.29, 0.717) is 36.4 Å². The zero-order valence-electron chi connectivity index (χ0n) is 29.7. The third-order valence-corrected chi connectivity index (χ3v) is 12.2. The van der Waals surface area contributed by atoms with E-state index < -0.39 is 5.82 Å². The highest BCUT2D eigenvalue weighted by Gasteiger charge is 2.55. The van der Waals surface area contributed by atoms with Crippen molar-refractivity contribution in [2.45, 2.75) is 103 Å². The highest BCUT2D eigenvalue weighted by molar-refractivity contribution is 5.97. The average molecular weight is 677 g/mol. The van der Waals surface area contributed by atoms with Crippen molar-refractivity contribution in [3.05, 3.63) is 42.1 Å².